The van der Waals surface area contributed by atoms with Gasteiger partial charge in [-0.2, -0.15) is 0 Å². The van der Waals surface area contributed by atoms with E-state index in [1.165, 1.54) is 12.1 Å². The average Bonchev–Trinajstić information content (AvgIpc) is 2.70. The number of nitrogens with zero attached hydrogens (tertiary/aromatic N) is 4. The van der Waals surface area contributed by atoms with E-state index in [4.69, 9.17) is 5.73 Å². The van der Waals surface area contributed by atoms with E-state index in [0.717, 1.165) is 5.82 Å². The Morgan fingerprint density at radius 3 is 2.72 bits per heavy atom. The molecule has 0 unspecified atom stereocenters. The molecule has 18 heavy (non-hydrogen) atoms. The quantitative estimate of drug-likeness (QED) is 0.506. The number of nitrogen functional groups attached to an aromatic ring is 1. The SMILES string of the molecule is CCn1c(C)nnc1-c1ccc([N+](=O)[O-])cc1N. The Bertz CT molecular complexity index is 605. The minimum atomic E-state index is -0.476. The second-order valence-electron chi connectivity index (χ2n) is 3.84. The lowest BCUT2D eigenvalue weighted by Crippen LogP contribution is -2.02. The number of benzene rings is 1. The molecule has 0 fully saturated rings. The van der Waals surface area contributed by atoms with Crippen LogP contribution < -0.4 is 5.73 Å². The largest absolute Gasteiger partial charge is 0.398 e. The molecule has 0 spiro atoms. The second-order valence-corrected chi connectivity index (χ2v) is 3.84. The van der Waals surface area contributed by atoms with Crippen LogP contribution in [0.5, 0.6) is 0 Å². The van der Waals surface area contributed by atoms with Crippen LogP contribution in [0.15, 0.2) is 18.2 Å². The molecule has 0 aliphatic rings. The summed E-state index contributed by atoms with van der Waals surface area (Å²) >= 11 is 0. The molecule has 0 saturated heterocycles. The summed E-state index contributed by atoms with van der Waals surface area (Å²) in [5, 5.41) is 18.7. The lowest BCUT2D eigenvalue weighted by molar-refractivity contribution is -0.384. The van der Waals surface area contributed by atoms with Crippen LogP contribution in [0.3, 0.4) is 0 Å². The number of aromatic nitrogens is 3. The molecule has 2 aromatic rings. The van der Waals surface area contributed by atoms with Crippen molar-refractivity contribution in [3.05, 3.63) is 34.1 Å². The fourth-order valence-electron chi connectivity index (χ4n) is 1.83. The number of aryl methyl sites for hydroxylation is 1. The Balaban J connectivity index is 2.54. The Morgan fingerprint density at radius 1 is 1.44 bits per heavy atom. The number of hydrogen-bond donors (Lipinski definition) is 1. The molecule has 2 N–H and O–H groups in total. The number of anilines is 1. The number of nitro benzene ring substituents is 1. The van der Waals surface area contributed by atoms with E-state index in [1.807, 2.05) is 18.4 Å². The van der Waals surface area contributed by atoms with Crippen LogP contribution in [0.25, 0.3) is 11.4 Å². The van der Waals surface area contributed by atoms with E-state index < -0.39 is 4.92 Å². The van der Waals surface area contributed by atoms with Gasteiger partial charge in [-0.1, -0.05) is 0 Å². The summed E-state index contributed by atoms with van der Waals surface area (Å²) < 4.78 is 1.90. The number of nitrogens with two attached hydrogens (primary N) is 1. The van der Waals surface area contributed by atoms with Crippen LogP contribution in [-0.4, -0.2) is 19.7 Å². The predicted molar refractivity (Wildman–Crippen MR) is 66.9 cm³/mol. The molecule has 0 atom stereocenters. The van der Waals surface area contributed by atoms with Gasteiger partial charge in [-0.15, -0.1) is 10.2 Å². The summed E-state index contributed by atoms with van der Waals surface area (Å²) in [5.74, 6) is 1.41. The highest BCUT2D eigenvalue weighted by atomic mass is 16.6. The standard InChI is InChI=1S/C11H13N5O2/c1-3-15-7(2)13-14-11(15)9-5-4-8(16(17)18)6-10(9)12/h4-6H,3,12H2,1-2H3. The molecule has 7 nitrogen and oxygen atoms in total. The van der Waals surface area contributed by atoms with Gasteiger partial charge < -0.3 is 10.3 Å². The van der Waals surface area contributed by atoms with Crippen molar-refractivity contribution in [2.45, 2.75) is 20.4 Å². The van der Waals surface area contributed by atoms with Crippen LogP contribution in [0.2, 0.25) is 0 Å². The molecular formula is C11H13N5O2. The van der Waals surface area contributed by atoms with Crippen molar-refractivity contribution in [2.75, 3.05) is 5.73 Å². The summed E-state index contributed by atoms with van der Waals surface area (Å²) in [6.45, 7) is 4.54. The summed E-state index contributed by atoms with van der Waals surface area (Å²) in [6.07, 6.45) is 0. The van der Waals surface area contributed by atoms with E-state index >= 15 is 0 Å². The number of hydrogen-bond acceptors (Lipinski definition) is 5. The van der Waals surface area contributed by atoms with Gasteiger partial charge in [-0.05, 0) is 19.9 Å². The first kappa shape index (κ1) is 12.0. The van der Waals surface area contributed by atoms with E-state index in [9.17, 15) is 10.1 Å². The van der Waals surface area contributed by atoms with Crippen LogP contribution in [0, 0.1) is 17.0 Å². The number of non-ortho nitro benzene ring substituents is 1. The van der Waals surface area contributed by atoms with Crippen molar-refractivity contribution >= 4 is 11.4 Å². The van der Waals surface area contributed by atoms with Crippen LogP contribution in [0.4, 0.5) is 11.4 Å². The van der Waals surface area contributed by atoms with Gasteiger partial charge in [-0.25, -0.2) is 0 Å². The highest BCUT2D eigenvalue weighted by molar-refractivity contribution is 5.74. The summed E-state index contributed by atoms with van der Waals surface area (Å²) in [5.41, 5.74) is 6.79. The minimum absolute atomic E-state index is 0.0319. The maximum atomic E-state index is 10.6. The topological polar surface area (TPSA) is 99.9 Å². The monoisotopic (exact) mass is 247 g/mol. The zero-order chi connectivity index (χ0) is 13.3. The fraction of sp³-hybridized carbons (Fsp3) is 0.273. The van der Waals surface area contributed by atoms with Gasteiger partial charge in [0.1, 0.15) is 5.82 Å². The van der Waals surface area contributed by atoms with Crippen LogP contribution >= 0.6 is 0 Å². The molecule has 0 aliphatic carbocycles. The highest BCUT2D eigenvalue weighted by Crippen LogP contribution is 2.28. The Kier molecular flexibility index (Phi) is 2.97. The van der Waals surface area contributed by atoms with Gasteiger partial charge in [0.15, 0.2) is 5.82 Å². The molecule has 0 bridgehead atoms. The summed E-state index contributed by atoms with van der Waals surface area (Å²) in [7, 11) is 0. The fourth-order valence-corrected chi connectivity index (χ4v) is 1.83. The van der Waals surface area contributed by atoms with E-state index in [2.05, 4.69) is 10.2 Å². The summed E-state index contributed by atoms with van der Waals surface area (Å²) in [6, 6.07) is 4.35. The smallest absolute Gasteiger partial charge is 0.271 e. The van der Waals surface area contributed by atoms with Crippen LogP contribution in [0.1, 0.15) is 12.7 Å². The third-order valence-corrected chi connectivity index (χ3v) is 2.74. The first-order valence-electron chi connectivity index (χ1n) is 5.48. The van der Waals surface area contributed by atoms with Crippen LogP contribution in [-0.2, 0) is 6.54 Å². The van der Waals surface area contributed by atoms with Gasteiger partial charge >= 0.3 is 0 Å². The van der Waals surface area contributed by atoms with Crippen molar-refractivity contribution in [3.8, 4) is 11.4 Å². The number of nitro groups is 1. The van der Waals surface area contributed by atoms with Gasteiger partial charge in [0.05, 0.1) is 4.92 Å². The van der Waals surface area contributed by atoms with Crippen molar-refractivity contribution in [1.29, 1.82) is 0 Å². The van der Waals surface area contributed by atoms with Gasteiger partial charge in [0, 0.05) is 29.9 Å². The van der Waals surface area contributed by atoms with Gasteiger partial charge in [0.2, 0.25) is 0 Å². The zero-order valence-electron chi connectivity index (χ0n) is 10.1. The molecule has 0 amide bonds. The zero-order valence-corrected chi connectivity index (χ0v) is 10.1. The second kappa shape index (κ2) is 4.44. The van der Waals surface area contributed by atoms with Crippen molar-refractivity contribution in [2.24, 2.45) is 0 Å². The molecule has 0 radical (unpaired) electrons. The van der Waals surface area contributed by atoms with Gasteiger partial charge in [0.25, 0.3) is 5.69 Å². The molecular weight excluding hydrogens is 234 g/mol. The predicted octanol–water partition coefficient (Wildman–Crippen LogP) is 1.76. The lowest BCUT2D eigenvalue weighted by Gasteiger charge is -2.07. The van der Waals surface area contributed by atoms with Crippen molar-refractivity contribution < 1.29 is 4.92 Å². The first-order chi connectivity index (χ1) is 8.54. The third kappa shape index (κ3) is 1.90. The molecule has 7 heteroatoms. The molecule has 2 rings (SSSR count). The average molecular weight is 247 g/mol. The van der Waals surface area contributed by atoms with Gasteiger partial charge in [-0.3, -0.25) is 10.1 Å². The molecule has 1 aromatic heterocycles. The third-order valence-electron chi connectivity index (χ3n) is 2.74. The molecule has 0 aliphatic heterocycles. The van der Waals surface area contributed by atoms with E-state index in [1.54, 1.807) is 6.07 Å². The maximum absolute atomic E-state index is 10.6. The minimum Gasteiger partial charge on any atom is -0.398 e. The molecule has 94 valence electrons. The Morgan fingerprint density at radius 2 is 2.17 bits per heavy atom. The lowest BCUT2D eigenvalue weighted by atomic mass is 10.1. The normalized spacial score (nSPS) is 10.6. The van der Waals surface area contributed by atoms with E-state index in [0.29, 0.717) is 23.6 Å². The van der Waals surface area contributed by atoms with E-state index in [-0.39, 0.29) is 5.69 Å². The Labute approximate surface area is 103 Å². The molecule has 0 saturated carbocycles. The Hall–Kier alpha value is -2.44. The summed E-state index contributed by atoms with van der Waals surface area (Å²) in [4.78, 5) is 10.2. The number of rotatable bonds is 3. The first-order valence-corrected chi connectivity index (χ1v) is 5.48. The van der Waals surface area contributed by atoms with Crippen molar-refractivity contribution in [3.63, 3.8) is 0 Å². The molecule has 1 aromatic carbocycles. The van der Waals surface area contributed by atoms with Crippen molar-refractivity contribution in [1.82, 2.24) is 14.8 Å². The molecule has 1 heterocycles. The highest BCUT2D eigenvalue weighted by Gasteiger charge is 2.15. The maximum Gasteiger partial charge on any atom is 0.271 e.